The minimum atomic E-state index is 0.347. The van der Waals surface area contributed by atoms with E-state index < -0.39 is 0 Å². The van der Waals surface area contributed by atoms with E-state index in [9.17, 15) is 0 Å². The standard InChI is InChI=1S/C16H19N3S/c1-12(13-6-3-2-4-7-13)15-10-18-16(17)19(15)11-14-8-5-9-20-14/h2-9,12,15H,10-11H2,1H3,(H2,17,18). The molecule has 0 saturated heterocycles. The third-order valence-corrected chi connectivity index (χ3v) is 4.80. The summed E-state index contributed by atoms with van der Waals surface area (Å²) in [6.07, 6.45) is 0. The summed E-state index contributed by atoms with van der Waals surface area (Å²) in [5.41, 5.74) is 7.43. The lowest BCUT2D eigenvalue weighted by Gasteiger charge is -2.30. The number of guanidine groups is 1. The number of hydrogen-bond donors (Lipinski definition) is 1. The van der Waals surface area contributed by atoms with Gasteiger partial charge in [0, 0.05) is 10.8 Å². The van der Waals surface area contributed by atoms with Crippen LogP contribution in [0.5, 0.6) is 0 Å². The first kappa shape index (κ1) is 13.2. The topological polar surface area (TPSA) is 41.6 Å². The molecule has 0 spiro atoms. The molecule has 0 radical (unpaired) electrons. The van der Waals surface area contributed by atoms with Crippen molar-refractivity contribution in [3.05, 3.63) is 58.3 Å². The van der Waals surface area contributed by atoms with Crippen molar-refractivity contribution < 1.29 is 0 Å². The largest absolute Gasteiger partial charge is 0.370 e. The summed E-state index contributed by atoms with van der Waals surface area (Å²) in [5.74, 6) is 1.09. The van der Waals surface area contributed by atoms with E-state index in [1.54, 1.807) is 11.3 Å². The van der Waals surface area contributed by atoms with Crippen molar-refractivity contribution in [3.8, 4) is 0 Å². The van der Waals surface area contributed by atoms with Crippen LogP contribution in [0.1, 0.15) is 23.3 Å². The Balaban J connectivity index is 1.79. The molecule has 4 heteroatoms. The number of benzene rings is 1. The summed E-state index contributed by atoms with van der Waals surface area (Å²) in [4.78, 5) is 8.02. The third kappa shape index (κ3) is 2.56. The van der Waals surface area contributed by atoms with Gasteiger partial charge in [-0.25, -0.2) is 0 Å². The van der Waals surface area contributed by atoms with Gasteiger partial charge < -0.3 is 10.6 Å². The monoisotopic (exact) mass is 285 g/mol. The van der Waals surface area contributed by atoms with Crippen molar-refractivity contribution in [1.29, 1.82) is 0 Å². The van der Waals surface area contributed by atoms with Gasteiger partial charge in [0.1, 0.15) is 0 Å². The van der Waals surface area contributed by atoms with Crippen LogP contribution in [0.4, 0.5) is 0 Å². The van der Waals surface area contributed by atoms with Crippen molar-refractivity contribution in [2.45, 2.75) is 25.4 Å². The van der Waals surface area contributed by atoms with Crippen molar-refractivity contribution in [2.24, 2.45) is 10.7 Å². The van der Waals surface area contributed by atoms with Crippen LogP contribution in [0.3, 0.4) is 0 Å². The number of hydrogen-bond acceptors (Lipinski definition) is 4. The molecular weight excluding hydrogens is 266 g/mol. The Labute approximate surface area is 123 Å². The minimum absolute atomic E-state index is 0.347. The zero-order valence-electron chi connectivity index (χ0n) is 11.6. The molecule has 2 aromatic rings. The summed E-state index contributed by atoms with van der Waals surface area (Å²) >= 11 is 1.77. The van der Waals surface area contributed by atoms with Gasteiger partial charge in [-0.15, -0.1) is 11.3 Å². The lowest BCUT2D eigenvalue weighted by atomic mass is 9.93. The summed E-state index contributed by atoms with van der Waals surface area (Å²) in [5, 5.41) is 2.11. The van der Waals surface area contributed by atoms with E-state index in [0.717, 1.165) is 13.1 Å². The van der Waals surface area contributed by atoms with E-state index in [1.165, 1.54) is 10.4 Å². The quantitative estimate of drug-likeness (QED) is 0.938. The Kier molecular flexibility index (Phi) is 3.74. The average molecular weight is 285 g/mol. The molecule has 3 nitrogen and oxygen atoms in total. The fraction of sp³-hybridized carbons (Fsp3) is 0.312. The maximum atomic E-state index is 6.08. The zero-order valence-corrected chi connectivity index (χ0v) is 12.4. The van der Waals surface area contributed by atoms with Crippen LogP contribution in [-0.2, 0) is 6.54 Å². The SMILES string of the molecule is CC(c1ccccc1)C1CN=C(N)N1Cc1cccs1. The second kappa shape index (κ2) is 5.67. The van der Waals surface area contributed by atoms with E-state index in [1.807, 2.05) is 0 Å². The maximum absolute atomic E-state index is 6.08. The molecule has 0 fully saturated rings. The average Bonchev–Trinajstić information content (AvgIpc) is 3.11. The third-order valence-electron chi connectivity index (χ3n) is 3.94. The minimum Gasteiger partial charge on any atom is -0.370 e. The first-order valence-electron chi connectivity index (χ1n) is 6.89. The molecule has 1 aromatic heterocycles. The molecule has 0 saturated carbocycles. The van der Waals surface area contributed by atoms with Gasteiger partial charge in [-0.05, 0) is 17.0 Å². The Morgan fingerprint density at radius 3 is 2.80 bits per heavy atom. The second-order valence-electron chi connectivity index (χ2n) is 5.17. The lowest BCUT2D eigenvalue weighted by Crippen LogP contribution is -2.42. The molecule has 2 heterocycles. The molecule has 0 aliphatic carbocycles. The number of nitrogens with two attached hydrogens (primary N) is 1. The summed E-state index contributed by atoms with van der Waals surface area (Å²) in [6.45, 7) is 3.90. The smallest absolute Gasteiger partial charge is 0.191 e. The van der Waals surface area contributed by atoms with Gasteiger partial charge in [0.15, 0.2) is 5.96 Å². The molecule has 0 amide bonds. The van der Waals surface area contributed by atoms with Gasteiger partial charge in [-0.3, -0.25) is 4.99 Å². The molecule has 20 heavy (non-hydrogen) atoms. The Bertz CT molecular complexity index is 577. The van der Waals surface area contributed by atoms with Crippen LogP contribution in [-0.4, -0.2) is 23.4 Å². The Morgan fingerprint density at radius 1 is 1.30 bits per heavy atom. The summed E-state index contributed by atoms with van der Waals surface area (Å²) in [7, 11) is 0. The van der Waals surface area contributed by atoms with Crippen LogP contribution >= 0.6 is 11.3 Å². The van der Waals surface area contributed by atoms with Crippen molar-refractivity contribution in [3.63, 3.8) is 0 Å². The number of nitrogens with zero attached hydrogens (tertiary/aromatic N) is 2. The van der Waals surface area contributed by atoms with Crippen LogP contribution in [0.15, 0.2) is 52.8 Å². The highest BCUT2D eigenvalue weighted by Crippen LogP contribution is 2.28. The number of rotatable bonds is 4. The number of aliphatic imine (C=N–C) groups is 1. The summed E-state index contributed by atoms with van der Waals surface area (Å²) in [6, 6.07) is 15.2. The second-order valence-corrected chi connectivity index (χ2v) is 6.21. The highest BCUT2D eigenvalue weighted by molar-refractivity contribution is 7.09. The lowest BCUT2D eigenvalue weighted by molar-refractivity contribution is 0.300. The zero-order chi connectivity index (χ0) is 13.9. The van der Waals surface area contributed by atoms with Gasteiger partial charge >= 0.3 is 0 Å². The fourth-order valence-electron chi connectivity index (χ4n) is 2.72. The van der Waals surface area contributed by atoms with Gasteiger partial charge in [0.2, 0.25) is 0 Å². The molecule has 1 aliphatic heterocycles. The molecule has 1 aromatic carbocycles. The van der Waals surface area contributed by atoms with Gasteiger partial charge in [0.05, 0.1) is 19.1 Å². The highest BCUT2D eigenvalue weighted by atomic mass is 32.1. The normalized spacial score (nSPS) is 19.9. The molecule has 3 rings (SSSR count). The maximum Gasteiger partial charge on any atom is 0.191 e. The van der Waals surface area contributed by atoms with Gasteiger partial charge in [0.25, 0.3) is 0 Å². The first-order chi connectivity index (χ1) is 9.75. The van der Waals surface area contributed by atoms with Crippen LogP contribution in [0.2, 0.25) is 0 Å². The van der Waals surface area contributed by atoms with Crippen molar-refractivity contribution in [2.75, 3.05) is 6.54 Å². The van der Waals surface area contributed by atoms with Gasteiger partial charge in [-0.2, -0.15) is 0 Å². The van der Waals surface area contributed by atoms with E-state index in [0.29, 0.717) is 17.9 Å². The molecule has 0 bridgehead atoms. The van der Waals surface area contributed by atoms with E-state index in [4.69, 9.17) is 5.73 Å². The van der Waals surface area contributed by atoms with E-state index in [-0.39, 0.29) is 0 Å². The predicted molar refractivity (Wildman–Crippen MR) is 85.0 cm³/mol. The first-order valence-corrected chi connectivity index (χ1v) is 7.77. The molecular formula is C16H19N3S. The van der Waals surface area contributed by atoms with E-state index >= 15 is 0 Å². The predicted octanol–water partition coefficient (Wildman–Crippen LogP) is 3.05. The Morgan fingerprint density at radius 2 is 2.10 bits per heavy atom. The summed E-state index contributed by atoms with van der Waals surface area (Å²) < 4.78 is 0. The van der Waals surface area contributed by atoms with Crippen LogP contribution in [0.25, 0.3) is 0 Å². The number of thiophene rings is 1. The molecule has 1 aliphatic rings. The van der Waals surface area contributed by atoms with Crippen molar-refractivity contribution in [1.82, 2.24) is 4.90 Å². The molecule has 104 valence electrons. The highest BCUT2D eigenvalue weighted by Gasteiger charge is 2.31. The molecule has 2 N–H and O–H groups in total. The fourth-order valence-corrected chi connectivity index (χ4v) is 3.42. The van der Waals surface area contributed by atoms with Gasteiger partial charge in [-0.1, -0.05) is 43.3 Å². The molecule has 2 atom stereocenters. The van der Waals surface area contributed by atoms with Crippen molar-refractivity contribution >= 4 is 17.3 Å². The van der Waals surface area contributed by atoms with Crippen LogP contribution < -0.4 is 5.73 Å². The van der Waals surface area contributed by atoms with E-state index in [2.05, 4.69) is 64.7 Å². The molecule has 2 unspecified atom stereocenters. The van der Waals surface area contributed by atoms with Crippen LogP contribution in [0, 0.1) is 0 Å². The Hall–Kier alpha value is -1.81.